The van der Waals surface area contributed by atoms with Gasteiger partial charge in [0.1, 0.15) is 12.1 Å². The Kier molecular flexibility index (Phi) is 9.81. The minimum Gasteiger partial charge on any atom is -0.352 e. The maximum atomic E-state index is 13.4. The number of rotatable bonds is 5. The van der Waals surface area contributed by atoms with Crippen molar-refractivity contribution in [1.82, 2.24) is 15.5 Å². The van der Waals surface area contributed by atoms with Crippen molar-refractivity contribution in [2.45, 2.75) is 70.0 Å². The van der Waals surface area contributed by atoms with E-state index in [1.54, 1.807) is 23.1 Å². The Morgan fingerprint density at radius 1 is 0.895 bits per heavy atom. The Labute approximate surface area is 229 Å². The number of benzene rings is 2. The van der Waals surface area contributed by atoms with Crippen LogP contribution in [0.25, 0.3) is 0 Å². The summed E-state index contributed by atoms with van der Waals surface area (Å²) >= 11 is 4.26. The molecule has 8 nitrogen and oxygen atoms in total. The Balaban J connectivity index is 1.61. The quantitative estimate of drug-likeness (QED) is 0.348. The van der Waals surface area contributed by atoms with E-state index in [0.717, 1.165) is 48.1 Å². The van der Waals surface area contributed by atoms with Gasteiger partial charge in [-0.15, -0.1) is 0 Å². The summed E-state index contributed by atoms with van der Waals surface area (Å²) in [5.41, 5.74) is 3.03. The van der Waals surface area contributed by atoms with Crippen LogP contribution in [0.15, 0.2) is 48.5 Å². The summed E-state index contributed by atoms with van der Waals surface area (Å²) < 4.78 is 0. The summed E-state index contributed by atoms with van der Waals surface area (Å²) in [5.74, 6) is -0.111. The molecule has 2 aliphatic heterocycles. The lowest BCUT2D eigenvalue weighted by Gasteiger charge is -2.27. The summed E-state index contributed by atoms with van der Waals surface area (Å²) in [7, 11) is 0. The van der Waals surface area contributed by atoms with Gasteiger partial charge in [-0.25, -0.2) is 0 Å². The molecule has 2 aliphatic rings. The van der Waals surface area contributed by atoms with Crippen LogP contribution in [0.5, 0.6) is 0 Å². The molecule has 2 heterocycles. The fourth-order valence-corrected chi connectivity index (χ4v) is 5.33. The maximum absolute atomic E-state index is 13.4. The van der Waals surface area contributed by atoms with Gasteiger partial charge in [0.15, 0.2) is 0 Å². The monoisotopic (exact) mass is 536 g/mol. The van der Waals surface area contributed by atoms with Crippen molar-refractivity contribution < 1.29 is 19.2 Å². The first-order chi connectivity index (χ1) is 18.4. The highest BCUT2D eigenvalue weighted by Gasteiger charge is 2.36. The molecule has 3 N–H and O–H groups in total. The van der Waals surface area contributed by atoms with Crippen LogP contribution in [0.3, 0.4) is 0 Å². The van der Waals surface area contributed by atoms with E-state index in [9.17, 15) is 19.2 Å². The molecule has 9 heteroatoms. The van der Waals surface area contributed by atoms with Crippen LogP contribution in [0.1, 0.15) is 55.2 Å². The van der Waals surface area contributed by atoms with Crippen molar-refractivity contribution in [3.05, 3.63) is 65.2 Å². The first kappa shape index (κ1) is 27.7. The Morgan fingerprint density at radius 2 is 1.71 bits per heavy atom. The van der Waals surface area contributed by atoms with Crippen LogP contribution in [0, 0.1) is 0 Å². The highest BCUT2D eigenvalue weighted by molar-refractivity contribution is 7.80. The average Bonchev–Trinajstić information content (AvgIpc) is 3.40. The van der Waals surface area contributed by atoms with Crippen molar-refractivity contribution >= 4 is 41.9 Å². The third-order valence-corrected chi connectivity index (χ3v) is 7.47. The zero-order valence-electron chi connectivity index (χ0n) is 21.6. The van der Waals surface area contributed by atoms with Gasteiger partial charge in [0, 0.05) is 18.8 Å². The molecule has 0 spiro atoms. The van der Waals surface area contributed by atoms with Crippen molar-refractivity contribution in [3.8, 4) is 0 Å². The summed E-state index contributed by atoms with van der Waals surface area (Å²) in [6.45, 7) is 0.805. The lowest BCUT2D eigenvalue weighted by atomic mass is 10.0. The van der Waals surface area contributed by atoms with E-state index in [1.165, 1.54) is 0 Å². The number of unbranched alkanes of at least 4 members (excludes halogenated alkanes) is 2. The first-order valence-electron chi connectivity index (χ1n) is 13.4. The van der Waals surface area contributed by atoms with Gasteiger partial charge in [-0.05, 0) is 60.3 Å². The van der Waals surface area contributed by atoms with E-state index >= 15 is 0 Å². The lowest BCUT2D eigenvalue weighted by Crippen LogP contribution is -2.52. The lowest BCUT2D eigenvalue weighted by molar-refractivity contribution is -0.138. The maximum Gasteiger partial charge on any atom is 0.246 e. The molecule has 0 aromatic heterocycles. The molecule has 2 atom stereocenters. The molecule has 2 bridgehead atoms. The SMILES string of the molecule is O=C1Cc2cccc(c2)NC(=O)[C@H](CCCCCS)NC(=O)[C@H]2CCCN2C(=O)Cc2ccccc2CN1. The highest BCUT2D eigenvalue weighted by Crippen LogP contribution is 2.21. The van der Waals surface area contributed by atoms with Gasteiger partial charge in [0.05, 0.1) is 12.8 Å². The van der Waals surface area contributed by atoms with Crippen LogP contribution in [0.2, 0.25) is 0 Å². The van der Waals surface area contributed by atoms with Crippen LogP contribution in [0.4, 0.5) is 5.69 Å². The van der Waals surface area contributed by atoms with E-state index in [0.29, 0.717) is 31.6 Å². The summed E-state index contributed by atoms with van der Waals surface area (Å²) in [6, 6.07) is 13.4. The third kappa shape index (κ3) is 7.37. The number of anilines is 1. The second-order valence-corrected chi connectivity index (χ2v) is 10.4. The number of nitrogens with zero attached hydrogens (tertiary/aromatic N) is 1. The zero-order chi connectivity index (χ0) is 26.9. The molecule has 4 rings (SSSR count). The fourth-order valence-electron chi connectivity index (χ4n) is 5.11. The fraction of sp³-hybridized carbons (Fsp3) is 0.448. The standard InChI is InChI=1S/C29H36N4O4S/c34-26-17-20-8-6-11-23(16-20)31-28(36)24(12-2-1-5-15-38)32-29(37)25-13-7-14-33(25)27(35)18-21-9-3-4-10-22(21)19-30-26/h3-4,6,8-11,16,24-25,38H,1-2,5,7,12-15,17-19H2,(H,30,34)(H,31,36)(H,32,37)/t24-,25+/m0/s1. The Bertz CT molecular complexity index is 1170. The highest BCUT2D eigenvalue weighted by atomic mass is 32.1. The van der Waals surface area contributed by atoms with Crippen LogP contribution in [-0.2, 0) is 38.6 Å². The summed E-state index contributed by atoms with van der Waals surface area (Å²) in [5, 5.41) is 8.81. The van der Waals surface area contributed by atoms with E-state index < -0.39 is 12.1 Å². The molecule has 1 saturated heterocycles. The third-order valence-electron chi connectivity index (χ3n) is 7.15. The summed E-state index contributed by atoms with van der Waals surface area (Å²) in [6.07, 6.45) is 4.68. The topological polar surface area (TPSA) is 108 Å². The number of thiol groups is 1. The molecule has 202 valence electrons. The molecule has 0 aliphatic carbocycles. The predicted molar refractivity (Wildman–Crippen MR) is 150 cm³/mol. The number of hydrogen-bond acceptors (Lipinski definition) is 5. The number of fused-ring (bicyclic) bond motifs is 4. The van der Waals surface area contributed by atoms with Crippen molar-refractivity contribution in [2.24, 2.45) is 0 Å². The van der Waals surface area contributed by atoms with Crippen LogP contribution in [-0.4, -0.2) is 52.9 Å². The van der Waals surface area contributed by atoms with Gasteiger partial charge in [0.25, 0.3) is 0 Å². The second-order valence-electron chi connectivity index (χ2n) is 9.97. The van der Waals surface area contributed by atoms with Gasteiger partial charge in [-0.3, -0.25) is 19.2 Å². The van der Waals surface area contributed by atoms with E-state index in [4.69, 9.17) is 0 Å². The largest absolute Gasteiger partial charge is 0.352 e. The molecule has 2 aromatic rings. The number of hydrogen-bond donors (Lipinski definition) is 4. The molecule has 1 fully saturated rings. The van der Waals surface area contributed by atoms with Gasteiger partial charge in [-0.2, -0.15) is 12.6 Å². The number of carbonyl (C=O) groups excluding carboxylic acids is 4. The van der Waals surface area contributed by atoms with E-state index in [2.05, 4.69) is 28.6 Å². The van der Waals surface area contributed by atoms with Crippen molar-refractivity contribution in [2.75, 3.05) is 17.6 Å². The van der Waals surface area contributed by atoms with E-state index in [1.807, 2.05) is 30.3 Å². The van der Waals surface area contributed by atoms with Crippen LogP contribution < -0.4 is 16.0 Å². The van der Waals surface area contributed by atoms with Gasteiger partial charge < -0.3 is 20.9 Å². The molecular formula is C29H36N4O4S. The molecular weight excluding hydrogens is 500 g/mol. The number of carbonyl (C=O) groups is 4. The average molecular weight is 537 g/mol. The normalized spacial score (nSPS) is 20.9. The van der Waals surface area contributed by atoms with Crippen LogP contribution >= 0.6 is 12.6 Å². The Morgan fingerprint density at radius 3 is 2.53 bits per heavy atom. The molecule has 2 aromatic carbocycles. The Hall–Kier alpha value is -3.33. The summed E-state index contributed by atoms with van der Waals surface area (Å²) in [4.78, 5) is 54.3. The molecule has 38 heavy (non-hydrogen) atoms. The predicted octanol–water partition coefficient (Wildman–Crippen LogP) is 3.01. The first-order valence-corrected chi connectivity index (χ1v) is 14.0. The van der Waals surface area contributed by atoms with Crippen molar-refractivity contribution in [1.29, 1.82) is 0 Å². The molecule has 4 amide bonds. The minimum absolute atomic E-state index is 0.132. The van der Waals surface area contributed by atoms with Gasteiger partial charge in [-0.1, -0.05) is 49.2 Å². The molecule has 0 radical (unpaired) electrons. The zero-order valence-corrected chi connectivity index (χ0v) is 22.5. The second kappa shape index (κ2) is 13.5. The number of amides is 4. The number of nitrogens with one attached hydrogen (secondary N) is 3. The molecule has 0 unspecified atom stereocenters. The van der Waals surface area contributed by atoms with Gasteiger partial charge in [0.2, 0.25) is 23.6 Å². The van der Waals surface area contributed by atoms with Crippen molar-refractivity contribution in [3.63, 3.8) is 0 Å². The molecule has 0 saturated carbocycles. The van der Waals surface area contributed by atoms with Gasteiger partial charge >= 0.3 is 0 Å². The van der Waals surface area contributed by atoms with E-state index in [-0.39, 0.29) is 36.5 Å². The smallest absolute Gasteiger partial charge is 0.246 e. The minimum atomic E-state index is -0.730.